The van der Waals surface area contributed by atoms with Gasteiger partial charge in [0.15, 0.2) is 5.82 Å². The highest BCUT2D eigenvalue weighted by molar-refractivity contribution is 7.81. The van der Waals surface area contributed by atoms with E-state index in [0.717, 1.165) is 27.9 Å². The molecule has 1 aromatic heterocycles. The molecule has 0 amide bonds. The van der Waals surface area contributed by atoms with Crippen LogP contribution in [0.4, 0.5) is 18.9 Å². The van der Waals surface area contributed by atoms with E-state index in [-0.39, 0.29) is 5.75 Å². The van der Waals surface area contributed by atoms with Crippen LogP contribution in [0.3, 0.4) is 0 Å². The first-order chi connectivity index (χ1) is 18.7. The molecular weight excluding hydrogens is 521 g/mol. The van der Waals surface area contributed by atoms with E-state index in [1.54, 1.807) is 0 Å². The van der Waals surface area contributed by atoms with E-state index in [1.807, 2.05) is 48.5 Å². The Labute approximate surface area is 228 Å². The Balaban J connectivity index is 1.29. The number of rotatable bonds is 6. The number of benzene rings is 4. The van der Waals surface area contributed by atoms with Crippen LogP contribution in [0.1, 0.15) is 16.7 Å². The molecule has 0 bridgehead atoms. The van der Waals surface area contributed by atoms with Gasteiger partial charge in [-0.2, -0.15) is 0 Å². The zero-order valence-corrected chi connectivity index (χ0v) is 21.8. The van der Waals surface area contributed by atoms with E-state index in [0.29, 0.717) is 16.5 Å². The van der Waals surface area contributed by atoms with Crippen molar-refractivity contribution >= 4 is 22.9 Å². The summed E-state index contributed by atoms with van der Waals surface area (Å²) >= 11 is 5.74. The van der Waals surface area contributed by atoms with Crippen molar-refractivity contribution in [3.63, 3.8) is 0 Å². The summed E-state index contributed by atoms with van der Waals surface area (Å²) in [6.45, 7) is 4.17. The molecule has 0 aliphatic carbocycles. The van der Waals surface area contributed by atoms with E-state index < -0.39 is 6.36 Å². The average molecular weight is 545 g/mol. The molecule has 0 spiro atoms. The second-order valence-corrected chi connectivity index (χ2v) is 9.29. The zero-order chi connectivity index (χ0) is 27.6. The van der Waals surface area contributed by atoms with Gasteiger partial charge in [0.1, 0.15) is 17.1 Å². The molecule has 1 N–H and O–H groups in total. The highest BCUT2D eigenvalue weighted by atomic mass is 32.1. The third kappa shape index (κ3) is 5.99. The van der Waals surface area contributed by atoms with Gasteiger partial charge in [-0.25, -0.2) is 9.67 Å². The number of alkyl halides is 3. The van der Waals surface area contributed by atoms with Crippen LogP contribution in [0, 0.1) is 13.8 Å². The second kappa shape index (κ2) is 10.7. The predicted molar refractivity (Wildman–Crippen MR) is 150 cm³/mol. The molecule has 5 rings (SSSR count). The van der Waals surface area contributed by atoms with Crippen molar-refractivity contribution in [1.82, 2.24) is 14.8 Å². The summed E-state index contributed by atoms with van der Waals surface area (Å²) in [5.41, 5.74) is 7.75. The first-order valence-electron chi connectivity index (χ1n) is 12.0. The highest BCUT2D eigenvalue weighted by Crippen LogP contribution is 2.29. The molecule has 0 atom stereocenters. The molecule has 0 saturated heterocycles. The van der Waals surface area contributed by atoms with Gasteiger partial charge in [-0.05, 0) is 84.6 Å². The Morgan fingerprint density at radius 1 is 0.846 bits per heavy atom. The monoisotopic (exact) mass is 544 g/mol. The number of nitrogens with zero attached hydrogens (tertiary/aromatic N) is 3. The smallest absolute Gasteiger partial charge is 0.406 e. The van der Waals surface area contributed by atoms with E-state index in [2.05, 4.69) is 52.2 Å². The second-order valence-electron chi connectivity index (χ2n) is 8.88. The maximum Gasteiger partial charge on any atom is 0.573 e. The van der Waals surface area contributed by atoms with Gasteiger partial charge in [0.05, 0.1) is 5.69 Å². The molecule has 5 aromatic rings. The zero-order valence-electron chi connectivity index (χ0n) is 21.0. The minimum Gasteiger partial charge on any atom is -0.406 e. The number of aromatic nitrogens is 3. The predicted octanol–water partition coefficient (Wildman–Crippen LogP) is 7.90. The highest BCUT2D eigenvalue weighted by Gasteiger charge is 2.31. The lowest BCUT2D eigenvalue weighted by Gasteiger charge is -2.15. The number of hydrogen-bond donors (Lipinski definition) is 1. The summed E-state index contributed by atoms with van der Waals surface area (Å²) in [6.07, 6.45) is -3.24. The number of anilines is 1. The normalized spacial score (nSPS) is 11.3. The van der Waals surface area contributed by atoms with E-state index in [4.69, 9.17) is 12.2 Å². The van der Waals surface area contributed by atoms with Crippen molar-refractivity contribution < 1.29 is 17.9 Å². The minimum atomic E-state index is -4.74. The lowest BCUT2D eigenvalue weighted by atomic mass is 9.93. The van der Waals surface area contributed by atoms with Crippen LogP contribution >= 0.6 is 12.2 Å². The number of halogens is 3. The molecule has 196 valence electrons. The molecule has 9 heteroatoms. The van der Waals surface area contributed by atoms with Gasteiger partial charge in [0.25, 0.3) is 0 Å². The van der Waals surface area contributed by atoms with Crippen molar-refractivity contribution in [3.05, 3.63) is 114 Å². The number of thiocarbonyl (C=S) groups is 1. The van der Waals surface area contributed by atoms with Gasteiger partial charge in [0, 0.05) is 16.8 Å². The van der Waals surface area contributed by atoms with Crippen molar-refractivity contribution in [2.45, 2.75) is 20.2 Å². The fourth-order valence-corrected chi connectivity index (χ4v) is 4.61. The molecule has 0 radical (unpaired) electrons. The molecular formula is C30H23F3N4OS. The minimum absolute atomic E-state index is 0.301. The van der Waals surface area contributed by atoms with Gasteiger partial charge in [0.2, 0.25) is 0 Å². The largest absolute Gasteiger partial charge is 0.573 e. The Morgan fingerprint density at radius 3 is 2.23 bits per heavy atom. The van der Waals surface area contributed by atoms with E-state index in [9.17, 15) is 13.2 Å². The molecule has 4 aromatic carbocycles. The van der Waals surface area contributed by atoms with Crippen molar-refractivity contribution in [2.75, 3.05) is 5.32 Å². The van der Waals surface area contributed by atoms with E-state index in [1.165, 1.54) is 46.4 Å². The first kappa shape index (κ1) is 26.1. The Hall–Kier alpha value is -4.50. The fraction of sp³-hybridized carbons (Fsp3) is 0.100. The maximum atomic E-state index is 12.4. The summed E-state index contributed by atoms with van der Waals surface area (Å²) in [4.78, 5) is 4.96. The van der Waals surface area contributed by atoms with Crippen molar-refractivity contribution in [3.8, 4) is 34.0 Å². The third-order valence-electron chi connectivity index (χ3n) is 6.24. The average Bonchev–Trinajstić information content (AvgIpc) is 3.40. The maximum absolute atomic E-state index is 12.4. The third-order valence-corrected chi connectivity index (χ3v) is 6.56. The summed E-state index contributed by atoms with van der Waals surface area (Å²) in [5.74, 6) is 0.172. The van der Waals surface area contributed by atoms with Gasteiger partial charge in [-0.1, -0.05) is 54.7 Å². The number of ether oxygens (including phenoxy) is 1. The lowest BCUT2D eigenvalue weighted by Crippen LogP contribution is -2.17. The standard InChI is InChI=1S/C30H23F3N4OS/c1-19-6-3-4-7-25(19)26-8-5-9-27(20(26)2)29(39)35-22-12-10-21(11-13-22)28-34-18-37(36-28)23-14-16-24(17-15-23)38-30(31,32)33/h3-18H,1-2H3,(H,35,39). The number of nitrogens with one attached hydrogen (secondary N) is 1. The molecule has 5 nitrogen and oxygen atoms in total. The van der Waals surface area contributed by atoms with Gasteiger partial charge in [-0.3, -0.25) is 0 Å². The summed E-state index contributed by atoms with van der Waals surface area (Å²) < 4.78 is 42.6. The van der Waals surface area contributed by atoms with Crippen LogP contribution in [0.2, 0.25) is 0 Å². The fourth-order valence-electron chi connectivity index (χ4n) is 4.27. The first-order valence-corrected chi connectivity index (χ1v) is 12.4. The van der Waals surface area contributed by atoms with Crippen LogP contribution in [-0.2, 0) is 0 Å². The Morgan fingerprint density at radius 2 is 1.54 bits per heavy atom. The molecule has 0 aliphatic rings. The Bertz CT molecular complexity index is 1630. The van der Waals surface area contributed by atoms with Crippen LogP contribution in [-0.4, -0.2) is 26.1 Å². The van der Waals surface area contributed by atoms with Crippen molar-refractivity contribution in [1.29, 1.82) is 0 Å². The molecule has 0 aliphatic heterocycles. The van der Waals surface area contributed by atoms with Crippen LogP contribution in [0.15, 0.2) is 97.3 Å². The van der Waals surface area contributed by atoms with Crippen LogP contribution < -0.4 is 10.1 Å². The Kier molecular flexibility index (Phi) is 7.17. The van der Waals surface area contributed by atoms with Gasteiger partial charge < -0.3 is 10.1 Å². The molecule has 0 fully saturated rings. The van der Waals surface area contributed by atoms with Crippen LogP contribution in [0.5, 0.6) is 5.75 Å². The molecule has 39 heavy (non-hydrogen) atoms. The topological polar surface area (TPSA) is 52.0 Å². The van der Waals surface area contributed by atoms with Crippen molar-refractivity contribution in [2.24, 2.45) is 0 Å². The van der Waals surface area contributed by atoms with Crippen LogP contribution in [0.25, 0.3) is 28.2 Å². The number of aryl methyl sites for hydroxylation is 1. The molecule has 0 saturated carbocycles. The molecule has 0 unspecified atom stereocenters. The van der Waals surface area contributed by atoms with Gasteiger partial charge >= 0.3 is 6.36 Å². The quantitative estimate of drug-likeness (QED) is 0.220. The van der Waals surface area contributed by atoms with Gasteiger partial charge in [-0.15, -0.1) is 18.3 Å². The lowest BCUT2D eigenvalue weighted by molar-refractivity contribution is -0.274. The summed E-state index contributed by atoms with van der Waals surface area (Å²) in [7, 11) is 0. The molecule has 1 heterocycles. The number of hydrogen-bond acceptors (Lipinski definition) is 4. The SMILES string of the molecule is Cc1ccccc1-c1cccc(C(=S)Nc2ccc(-c3ncn(-c4ccc(OC(F)(F)F)cc4)n3)cc2)c1C. The summed E-state index contributed by atoms with van der Waals surface area (Å²) in [6, 6.07) is 27.4. The van der Waals surface area contributed by atoms with E-state index >= 15 is 0 Å². The summed E-state index contributed by atoms with van der Waals surface area (Å²) in [5, 5.41) is 7.76.